The second-order valence-electron chi connectivity index (χ2n) is 3.63. The number of aryl methyl sites for hydroxylation is 1. The highest BCUT2D eigenvalue weighted by atomic mass is 32.2. The van der Waals surface area contributed by atoms with Gasteiger partial charge in [0, 0.05) is 19.2 Å². The van der Waals surface area contributed by atoms with Crippen LogP contribution in [0.3, 0.4) is 0 Å². The number of hydrogen-bond acceptors (Lipinski definition) is 5. The molecule has 0 unspecified atom stereocenters. The summed E-state index contributed by atoms with van der Waals surface area (Å²) in [7, 11) is -2.63. The molecule has 0 spiro atoms. The van der Waals surface area contributed by atoms with E-state index in [1.807, 2.05) is 0 Å². The Hall–Kier alpha value is -1.98. The fourth-order valence-corrected chi connectivity index (χ4v) is 2.64. The first-order valence-electron chi connectivity index (χ1n) is 4.89. The van der Waals surface area contributed by atoms with Gasteiger partial charge in [0.15, 0.2) is 0 Å². The van der Waals surface area contributed by atoms with Crippen molar-refractivity contribution in [3.05, 3.63) is 33.9 Å². The Morgan fingerprint density at radius 2 is 2.11 bits per heavy atom. The van der Waals surface area contributed by atoms with Crippen molar-refractivity contribution >= 4 is 15.7 Å². The number of non-ortho nitro benzene ring substituents is 1. The maximum Gasteiger partial charge on any atom is 0.270 e. The van der Waals surface area contributed by atoms with Crippen molar-refractivity contribution in [1.82, 2.24) is 4.31 Å². The first-order chi connectivity index (χ1) is 8.30. The number of benzene rings is 1. The Kier molecular flexibility index (Phi) is 4.00. The monoisotopic (exact) mass is 269 g/mol. The Bertz CT molecular complexity index is 619. The molecule has 0 atom stereocenters. The Balaban J connectivity index is 3.37. The van der Waals surface area contributed by atoms with Crippen LogP contribution in [-0.4, -0.2) is 31.2 Å². The smallest absolute Gasteiger partial charge is 0.258 e. The topological polar surface area (TPSA) is 104 Å². The van der Waals surface area contributed by atoms with E-state index in [1.165, 1.54) is 26.1 Å². The SMILES string of the molecule is Cc1ccc([N+](=O)[O-])cc1S(=O)(=O)N(C)CC#N. The summed E-state index contributed by atoms with van der Waals surface area (Å²) in [5, 5.41) is 19.1. The summed E-state index contributed by atoms with van der Waals surface area (Å²) in [5.41, 5.74) is 0.0925. The lowest BCUT2D eigenvalue weighted by molar-refractivity contribution is -0.385. The molecule has 0 radical (unpaired) electrons. The van der Waals surface area contributed by atoms with E-state index in [1.54, 1.807) is 6.07 Å². The lowest BCUT2D eigenvalue weighted by Gasteiger charge is -2.15. The molecule has 96 valence electrons. The van der Waals surface area contributed by atoms with E-state index < -0.39 is 14.9 Å². The van der Waals surface area contributed by atoms with Crippen LogP contribution < -0.4 is 0 Å². The molecule has 0 aromatic heterocycles. The maximum atomic E-state index is 12.1. The quantitative estimate of drug-likeness (QED) is 0.461. The van der Waals surface area contributed by atoms with Gasteiger partial charge in [-0.05, 0) is 12.5 Å². The maximum absolute atomic E-state index is 12.1. The minimum Gasteiger partial charge on any atom is -0.258 e. The summed E-state index contributed by atoms with van der Waals surface area (Å²) < 4.78 is 25.0. The molecule has 18 heavy (non-hydrogen) atoms. The van der Waals surface area contributed by atoms with Crippen molar-refractivity contribution in [3.63, 3.8) is 0 Å². The lowest BCUT2D eigenvalue weighted by atomic mass is 10.2. The van der Waals surface area contributed by atoms with Gasteiger partial charge in [-0.25, -0.2) is 8.42 Å². The molecule has 7 nitrogen and oxygen atoms in total. The van der Waals surface area contributed by atoms with Gasteiger partial charge >= 0.3 is 0 Å². The molecule has 1 aromatic rings. The largest absolute Gasteiger partial charge is 0.270 e. The zero-order chi connectivity index (χ0) is 13.9. The van der Waals surface area contributed by atoms with Crippen molar-refractivity contribution in [2.45, 2.75) is 11.8 Å². The summed E-state index contributed by atoms with van der Waals surface area (Å²) in [6.45, 7) is 1.22. The molecule has 0 aliphatic carbocycles. The van der Waals surface area contributed by atoms with Crippen LogP contribution in [0.5, 0.6) is 0 Å². The first kappa shape index (κ1) is 14.1. The number of nitriles is 1. The van der Waals surface area contributed by atoms with Crippen LogP contribution in [0.15, 0.2) is 23.1 Å². The molecule has 0 amide bonds. The van der Waals surface area contributed by atoms with Crippen molar-refractivity contribution < 1.29 is 13.3 Å². The van der Waals surface area contributed by atoms with E-state index in [9.17, 15) is 18.5 Å². The minimum absolute atomic E-state index is 0.158. The van der Waals surface area contributed by atoms with Gasteiger partial charge in [-0.3, -0.25) is 10.1 Å². The van der Waals surface area contributed by atoms with Gasteiger partial charge in [-0.2, -0.15) is 9.57 Å². The molecule has 0 saturated carbocycles. The molecule has 0 aliphatic rings. The van der Waals surface area contributed by atoms with Crippen LogP contribution in [-0.2, 0) is 10.0 Å². The van der Waals surface area contributed by atoms with Crippen LogP contribution in [0.25, 0.3) is 0 Å². The summed E-state index contributed by atoms with van der Waals surface area (Å²) in [5.74, 6) is 0. The molecule has 1 rings (SSSR count). The second-order valence-corrected chi connectivity index (χ2v) is 5.64. The minimum atomic E-state index is -3.88. The summed E-state index contributed by atoms with van der Waals surface area (Å²) in [4.78, 5) is 9.81. The van der Waals surface area contributed by atoms with E-state index in [0.717, 1.165) is 10.4 Å². The molecule has 8 heteroatoms. The first-order valence-corrected chi connectivity index (χ1v) is 6.33. The van der Waals surface area contributed by atoms with Crippen molar-refractivity contribution in [2.75, 3.05) is 13.6 Å². The average molecular weight is 269 g/mol. The van der Waals surface area contributed by atoms with Crippen LogP contribution in [0.1, 0.15) is 5.56 Å². The average Bonchev–Trinajstić information content (AvgIpc) is 2.29. The van der Waals surface area contributed by atoms with E-state index in [2.05, 4.69) is 0 Å². The van der Waals surface area contributed by atoms with E-state index in [0.29, 0.717) is 5.56 Å². The van der Waals surface area contributed by atoms with Gasteiger partial charge in [0.05, 0.1) is 15.9 Å². The van der Waals surface area contributed by atoms with Crippen molar-refractivity contribution in [1.29, 1.82) is 5.26 Å². The van der Waals surface area contributed by atoms with E-state index in [4.69, 9.17) is 5.26 Å². The Labute approximate surface area is 104 Å². The molecular formula is C10H11N3O4S. The molecular weight excluding hydrogens is 258 g/mol. The third kappa shape index (κ3) is 2.64. The Morgan fingerprint density at radius 3 is 2.61 bits per heavy atom. The van der Waals surface area contributed by atoms with Gasteiger partial charge in [-0.15, -0.1) is 0 Å². The molecule has 0 saturated heterocycles. The van der Waals surface area contributed by atoms with Crippen molar-refractivity contribution in [2.24, 2.45) is 0 Å². The second kappa shape index (κ2) is 5.12. The predicted octanol–water partition coefficient (Wildman–Crippen LogP) is 1.05. The van der Waals surface area contributed by atoms with Crippen molar-refractivity contribution in [3.8, 4) is 6.07 Å². The Morgan fingerprint density at radius 1 is 1.50 bits per heavy atom. The summed E-state index contributed by atoms with van der Waals surface area (Å²) in [6.07, 6.45) is 0. The molecule has 0 fully saturated rings. The van der Waals surface area contributed by atoms with Gasteiger partial charge in [0.25, 0.3) is 5.69 Å². The third-order valence-electron chi connectivity index (χ3n) is 2.36. The molecule has 0 bridgehead atoms. The predicted molar refractivity (Wildman–Crippen MR) is 63.3 cm³/mol. The number of nitrogens with zero attached hydrogens (tertiary/aromatic N) is 3. The van der Waals surface area contributed by atoms with Crippen LogP contribution in [0, 0.1) is 28.4 Å². The van der Waals surface area contributed by atoms with Gasteiger partial charge < -0.3 is 0 Å². The van der Waals surface area contributed by atoms with Crippen LogP contribution in [0.2, 0.25) is 0 Å². The number of sulfonamides is 1. The van der Waals surface area contributed by atoms with Gasteiger partial charge in [0.2, 0.25) is 10.0 Å². The van der Waals surface area contributed by atoms with E-state index in [-0.39, 0.29) is 17.1 Å². The summed E-state index contributed by atoms with van der Waals surface area (Å²) in [6, 6.07) is 5.31. The molecule has 0 N–H and O–H groups in total. The highest BCUT2D eigenvalue weighted by Crippen LogP contribution is 2.23. The van der Waals surface area contributed by atoms with Crippen LogP contribution in [0.4, 0.5) is 5.69 Å². The van der Waals surface area contributed by atoms with E-state index >= 15 is 0 Å². The molecule has 0 aliphatic heterocycles. The highest BCUT2D eigenvalue weighted by Gasteiger charge is 2.24. The molecule has 1 aromatic carbocycles. The number of rotatable bonds is 4. The zero-order valence-electron chi connectivity index (χ0n) is 9.82. The van der Waals surface area contributed by atoms with Gasteiger partial charge in [-0.1, -0.05) is 6.07 Å². The number of nitro benzene ring substituents is 1. The highest BCUT2D eigenvalue weighted by molar-refractivity contribution is 7.89. The third-order valence-corrected chi connectivity index (χ3v) is 4.31. The number of hydrogen-bond donors (Lipinski definition) is 0. The summed E-state index contributed by atoms with van der Waals surface area (Å²) >= 11 is 0. The van der Waals surface area contributed by atoms with Gasteiger partial charge in [0.1, 0.15) is 6.54 Å². The fraction of sp³-hybridized carbons (Fsp3) is 0.300. The van der Waals surface area contributed by atoms with Crippen LogP contribution >= 0.6 is 0 Å². The molecule has 0 heterocycles. The normalized spacial score (nSPS) is 11.2. The zero-order valence-corrected chi connectivity index (χ0v) is 10.6. The lowest BCUT2D eigenvalue weighted by Crippen LogP contribution is -2.27. The number of nitro groups is 1. The fourth-order valence-electron chi connectivity index (χ4n) is 1.33. The standard InChI is InChI=1S/C10H11N3O4S/c1-8-3-4-9(13(14)15)7-10(8)18(16,17)12(2)6-5-11/h3-4,7H,6H2,1-2H3.